The van der Waals surface area contributed by atoms with Crippen molar-refractivity contribution < 1.29 is 26.3 Å². The van der Waals surface area contributed by atoms with Gasteiger partial charge in [0, 0.05) is 66.6 Å². The van der Waals surface area contributed by atoms with Crippen molar-refractivity contribution in [1.29, 1.82) is 0 Å². The minimum absolute atomic E-state index is 0.103. The highest BCUT2D eigenvalue weighted by Gasteiger charge is 2.41. The predicted octanol–water partition coefficient (Wildman–Crippen LogP) is 11.0. The van der Waals surface area contributed by atoms with Gasteiger partial charge in [-0.3, -0.25) is 0 Å². The quantitative estimate of drug-likeness (QED) is 0.142. The molecular formula is C48H41F6N11. The first-order valence-electron chi connectivity index (χ1n) is 21.5. The number of nitrogens with zero attached hydrogens (tertiary/aromatic N) is 9. The van der Waals surface area contributed by atoms with Crippen molar-refractivity contribution in [3.63, 3.8) is 0 Å². The number of hydrogen-bond donors (Lipinski definition) is 2. The van der Waals surface area contributed by atoms with Crippen molar-refractivity contribution in [2.24, 2.45) is 25.9 Å². The molecule has 2 N–H and O–H groups in total. The van der Waals surface area contributed by atoms with E-state index in [2.05, 4.69) is 45.4 Å². The smallest absolute Gasteiger partial charge is 0.371 e. The van der Waals surface area contributed by atoms with E-state index in [4.69, 9.17) is 9.98 Å². The van der Waals surface area contributed by atoms with Gasteiger partial charge in [-0.2, -0.15) is 26.3 Å². The van der Waals surface area contributed by atoms with Crippen molar-refractivity contribution in [3.05, 3.63) is 143 Å². The number of rotatable bonds is 9. The van der Waals surface area contributed by atoms with Crippen molar-refractivity contribution >= 4 is 63.3 Å². The fraction of sp³-hybridized carbons (Fsp3) is 0.271. The summed E-state index contributed by atoms with van der Waals surface area (Å²) in [5, 5.41) is 6.92. The van der Waals surface area contributed by atoms with Gasteiger partial charge in [0.2, 0.25) is 0 Å². The zero-order valence-corrected chi connectivity index (χ0v) is 34.8. The Morgan fingerprint density at radius 1 is 0.538 bits per heavy atom. The van der Waals surface area contributed by atoms with Crippen molar-refractivity contribution in [3.8, 4) is 0 Å². The highest BCUT2D eigenvalue weighted by molar-refractivity contribution is 6.30. The summed E-state index contributed by atoms with van der Waals surface area (Å²) in [7, 11) is 0. The second kappa shape index (κ2) is 17.1. The molecule has 10 rings (SSSR count). The first-order valence-corrected chi connectivity index (χ1v) is 21.5. The zero-order chi connectivity index (χ0) is 44.7. The van der Waals surface area contributed by atoms with E-state index >= 15 is 0 Å². The van der Waals surface area contributed by atoms with Crippen LogP contribution >= 0.6 is 0 Å². The Labute approximate surface area is 370 Å². The Balaban J connectivity index is 1.15. The van der Waals surface area contributed by atoms with Gasteiger partial charge in [-0.25, -0.2) is 34.9 Å². The maximum Gasteiger partial charge on any atom is 0.433 e. The van der Waals surface area contributed by atoms with Crippen LogP contribution in [0.25, 0.3) is 5.70 Å². The summed E-state index contributed by atoms with van der Waals surface area (Å²) in [5.74, 6) is 0.184. The van der Waals surface area contributed by atoms with Crippen LogP contribution in [-0.4, -0.2) is 64.3 Å². The topological polar surface area (TPSA) is 119 Å². The van der Waals surface area contributed by atoms with Gasteiger partial charge in [-0.15, -0.1) is 0 Å². The van der Waals surface area contributed by atoms with E-state index in [0.717, 1.165) is 76.1 Å². The summed E-state index contributed by atoms with van der Waals surface area (Å²) in [6, 6.07) is 24.1. The average Bonchev–Trinajstić information content (AvgIpc) is 3.32. The molecule has 1 unspecified atom stereocenters. The normalized spacial score (nSPS) is 18.6. The van der Waals surface area contributed by atoms with E-state index in [1.165, 1.54) is 0 Å². The molecule has 0 bridgehead atoms. The number of nitrogens with one attached hydrogen (secondary N) is 2. The van der Waals surface area contributed by atoms with Gasteiger partial charge >= 0.3 is 12.4 Å². The zero-order valence-electron chi connectivity index (χ0n) is 34.8. The van der Waals surface area contributed by atoms with E-state index in [-0.39, 0.29) is 11.7 Å². The van der Waals surface area contributed by atoms with Crippen LogP contribution in [0.15, 0.2) is 135 Å². The number of anilines is 6. The summed E-state index contributed by atoms with van der Waals surface area (Å²) in [5.41, 5.74) is 2.29. The summed E-state index contributed by atoms with van der Waals surface area (Å²) < 4.78 is 84.9. The molecule has 3 aromatic heterocycles. The number of halogens is 6. The minimum atomic E-state index is -5.19. The van der Waals surface area contributed by atoms with Crippen LogP contribution < -0.4 is 20.4 Å². The van der Waals surface area contributed by atoms with Crippen molar-refractivity contribution in [2.75, 3.05) is 46.6 Å². The summed E-state index contributed by atoms with van der Waals surface area (Å²) in [6.45, 7) is 3.61. The number of aromatic nitrogens is 3. The minimum Gasteiger partial charge on any atom is -0.371 e. The standard InChI is InChI=1S/C48H41F6N11/c49-47(50,51)39-25-30(26-40(61-39)48(52,53)54)44-62-45-43-29(23-35(59-45)33-15-13-31(64-19-7-1-8-20-64)27-37(33)57-41-11-3-5-17-55-41)24-36(60-46(43)63-44)34-16-14-32(65-21-9-2-10-22-65)28-38(34)58-42-12-4-6-18-56-42/h3-6,11-18,23-28,43H,1-2,7-10,19-22H2,(H,55,57)(H,56,58). The molecule has 2 aromatic carbocycles. The van der Waals surface area contributed by atoms with Gasteiger partial charge in [-0.1, -0.05) is 12.1 Å². The van der Waals surface area contributed by atoms with Crippen LogP contribution in [0.4, 0.5) is 60.7 Å². The molecule has 0 aliphatic carbocycles. The fourth-order valence-electron chi connectivity index (χ4n) is 8.72. The highest BCUT2D eigenvalue weighted by Crippen LogP contribution is 2.41. The van der Waals surface area contributed by atoms with Crippen molar-refractivity contribution in [1.82, 2.24) is 15.0 Å². The molecule has 8 heterocycles. The Bertz CT molecular complexity index is 2680. The molecule has 330 valence electrons. The van der Waals surface area contributed by atoms with Crippen LogP contribution in [0.1, 0.15) is 66.6 Å². The maximum atomic E-state index is 14.1. The Morgan fingerprint density at radius 3 is 1.62 bits per heavy atom. The van der Waals surface area contributed by atoms with E-state index in [1.807, 2.05) is 84.9 Å². The molecule has 5 aromatic rings. The number of pyridine rings is 3. The lowest BCUT2D eigenvalue weighted by molar-refractivity contribution is -0.150. The number of piperidine rings is 2. The Kier molecular flexibility index (Phi) is 11.0. The van der Waals surface area contributed by atoms with Crippen LogP contribution in [-0.2, 0) is 12.4 Å². The molecule has 1 atom stereocenters. The molecule has 5 aliphatic rings. The molecule has 0 radical (unpaired) electrons. The molecule has 0 saturated carbocycles. The third-order valence-electron chi connectivity index (χ3n) is 11.9. The van der Waals surface area contributed by atoms with Crippen LogP contribution in [0.3, 0.4) is 0 Å². The lowest BCUT2D eigenvalue weighted by Gasteiger charge is -2.31. The molecular weight excluding hydrogens is 845 g/mol. The van der Waals surface area contributed by atoms with E-state index in [0.29, 0.717) is 63.3 Å². The second-order valence-electron chi connectivity index (χ2n) is 16.3. The fourth-order valence-corrected chi connectivity index (χ4v) is 8.72. The molecule has 0 amide bonds. The van der Waals surface area contributed by atoms with E-state index in [9.17, 15) is 26.3 Å². The van der Waals surface area contributed by atoms with Crippen LogP contribution in [0, 0.1) is 5.92 Å². The van der Waals surface area contributed by atoms with Crippen LogP contribution in [0.5, 0.6) is 0 Å². The third kappa shape index (κ3) is 8.86. The predicted molar refractivity (Wildman–Crippen MR) is 242 cm³/mol. The number of hydrogen-bond acceptors (Lipinski definition) is 11. The number of dihydropyridines is 1. The van der Waals surface area contributed by atoms with Gasteiger partial charge in [-0.05, 0) is 129 Å². The SMILES string of the molecule is FC(F)(F)c1cc(C2=NC3=NC(c4ccc(N5CCCCC5)cc4Nc4ccccn4)=CC4=CC(c5ccc(N6CCCCC6)cc5Nc5ccccn5)=NC(=N2)C43)cc(C(F)(F)F)n1. The van der Waals surface area contributed by atoms with Crippen molar-refractivity contribution in [2.45, 2.75) is 50.9 Å². The number of allylic oxidation sites excluding steroid dienone is 2. The monoisotopic (exact) mass is 885 g/mol. The summed E-state index contributed by atoms with van der Waals surface area (Å²) in [4.78, 5) is 35.8. The average molecular weight is 886 g/mol. The third-order valence-corrected chi connectivity index (χ3v) is 11.9. The van der Waals surface area contributed by atoms with Gasteiger partial charge in [0.1, 0.15) is 40.6 Å². The van der Waals surface area contributed by atoms with Gasteiger partial charge < -0.3 is 20.4 Å². The second-order valence-corrected chi connectivity index (χ2v) is 16.3. The first-order chi connectivity index (χ1) is 31.4. The number of alkyl halides is 6. The number of amidine groups is 3. The maximum absolute atomic E-state index is 14.1. The van der Waals surface area contributed by atoms with E-state index in [1.54, 1.807) is 12.4 Å². The Hall–Kier alpha value is -7.17. The summed E-state index contributed by atoms with van der Waals surface area (Å²) in [6.07, 6.45) is 3.37. The summed E-state index contributed by atoms with van der Waals surface area (Å²) >= 11 is 0. The molecule has 17 heteroatoms. The van der Waals surface area contributed by atoms with Gasteiger partial charge in [0.15, 0.2) is 5.84 Å². The number of benzene rings is 2. The molecule has 11 nitrogen and oxygen atoms in total. The molecule has 5 aliphatic heterocycles. The molecule has 65 heavy (non-hydrogen) atoms. The van der Waals surface area contributed by atoms with Gasteiger partial charge in [0.25, 0.3) is 0 Å². The largest absolute Gasteiger partial charge is 0.433 e. The molecule has 2 fully saturated rings. The first kappa shape index (κ1) is 41.8. The highest BCUT2D eigenvalue weighted by atomic mass is 19.4. The van der Waals surface area contributed by atoms with Crippen LogP contribution in [0.2, 0.25) is 0 Å². The molecule has 2 saturated heterocycles. The lowest BCUT2D eigenvalue weighted by atomic mass is 9.86. The molecule has 0 spiro atoms. The Morgan fingerprint density at radius 2 is 1.08 bits per heavy atom. The van der Waals surface area contributed by atoms with Gasteiger partial charge in [0.05, 0.1) is 22.8 Å². The number of aliphatic imine (C=N–C) groups is 4. The van der Waals surface area contributed by atoms with E-state index < -0.39 is 41.1 Å². The lowest BCUT2D eigenvalue weighted by Crippen LogP contribution is -2.34.